The fraction of sp³-hybridized carbons (Fsp3) is 0.353. The standard InChI is InChI=1S/C17H20F2N4OS/c1-10(2)23-15(21-22-17(23)25)6-7-20-16(24)8-11(3)13-5-4-12(18)9-14(13)19/h4-5,8-10H,6-7H2,1-3H3,(H,20,24)(H,22,25). The van der Waals surface area contributed by atoms with Crippen LogP contribution in [-0.4, -0.2) is 27.2 Å². The molecule has 8 heteroatoms. The van der Waals surface area contributed by atoms with Gasteiger partial charge in [0.25, 0.3) is 0 Å². The van der Waals surface area contributed by atoms with E-state index in [0.717, 1.165) is 18.0 Å². The molecule has 134 valence electrons. The van der Waals surface area contributed by atoms with E-state index < -0.39 is 11.6 Å². The average molecular weight is 366 g/mol. The van der Waals surface area contributed by atoms with Gasteiger partial charge in [0, 0.05) is 36.7 Å². The van der Waals surface area contributed by atoms with Crippen molar-refractivity contribution in [3.05, 3.63) is 52.1 Å². The van der Waals surface area contributed by atoms with Crippen LogP contribution in [0.15, 0.2) is 24.3 Å². The normalized spacial score (nSPS) is 11.8. The molecule has 0 saturated carbocycles. The van der Waals surface area contributed by atoms with Gasteiger partial charge in [-0.15, -0.1) is 0 Å². The topological polar surface area (TPSA) is 62.7 Å². The molecule has 0 atom stereocenters. The van der Waals surface area contributed by atoms with Gasteiger partial charge in [-0.25, -0.2) is 8.78 Å². The lowest BCUT2D eigenvalue weighted by Gasteiger charge is -2.10. The van der Waals surface area contributed by atoms with Crippen LogP contribution < -0.4 is 5.32 Å². The first kappa shape index (κ1) is 19.0. The van der Waals surface area contributed by atoms with Gasteiger partial charge in [0.15, 0.2) is 4.77 Å². The first-order valence-electron chi connectivity index (χ1n) is 7.87. The number of benzene rings is 1. The van der Waals surface area contributed by atoms with Crippen molar-refractivity contribution in [2.45, 2.75) is 33.2 Å². The maximum absolute atomic E-state index is 13.7. The number of carbonyl (C=O) groups is 1. The number of H-pyrrole nitrogens is 1. The quantitative estimate of drug-likeness (QED) is 0.607. The molecular formula is C17H20F2N4OS. The number of allylic oxidation sites excluding steroid dienone is 1. The molecule has 0 aliphatic rings. The summed E-state index contributed by atoms with van der Waals surface area (Å²) >= 11 is 5.17. The van der Waals surface area contributed by atoms with Gasteiger partial charge in [-0.2, -0.15) is 5.10 Å². The molecule has 1 aromatic heterocycles. The molecule has 25 heavy (non-hydrogen) atoms. The molecule has 1 aromatic carbocycles. The largest absolute Gasteiger partial charge is 0.352 e. The third-order valence-corrected chi connectivity index (χ3v) is 3.93. The van der Waals surface area contributed by atoms with Gasteiger partial charge in [0.05, 0.1) is 0 Å². The summed E-state index contributed by atoms with van der Waals surface area (Å²) in [4.78, 5) is 12.0. The minimum absolute atomic E-state index is 0.167. The molecule has 0 spiro atoms. The van der Waals surface area contributed by atoms with E-state index in [1.807, 2.05) is 18.4 Å². The summed E-state index contributed by atoms with van der Waals surface area (Å²) in [5, 5.41) is 9.62. The van der Waals surface area contributed by atoms with E-state index in [0.29, 0.717) is 23.3 Å². The van der Waals surface area contributed by atoms with Gasteiger partial charge in [0.2, 0.25) is 5.91 Å². The molecule has 0 unspecified atom stereocenters. The Hall–Kier alpha value is -2.35. The first-order chi connectivity index (χ1) is 11.8. The zero-order valence-corrected chi connectivity index (χ0v) is 15.1. The first-order valence-corrected chi connectivity index (χ1v) is 8.27. The van der Waals surface area contributed by atoms with Crippen LogP contribution in [0.2, 0.25) is 0 Å². The highest BCUT2D eigenvalue weighted by Crippen LogP contribution is 2.18. The van der Waals surface area contributed by atoms with Crippen molar-refractivity contribution in [2.75, 3.05) is 6.54 Å². The van der Waals surface area contributed by atoms with Crippen molar-refractivity contribution in [1.29, 1.82) is 0 Å². The molecule has 0 bridgehead atoms. The van der Waals surface area contributed by atoms with Gasteiger partial charge in [-0.3, -0.25) is 9.89 Å². The highest BCUT2D eigenvalue weighted by atomic mass is 32.1. The summed E-state index contributed by atoms with van der Waals surface area (Å²) in [5.41, 5.74) is 0.608. The lowest BCUT2D eigenvalue weighted by atomic mass is 10.1. The summed E-state index contributed by atoms with van der Waals surface area (Å²) in [6.07, 6.45) is 1.80. The number of nitrogens with one attached hydrogen (secondary N) is 2. The Morgan fingerprint density at radius 1 is 1.44 bits per heavy atom. The van der Waals surface area contributed by atoms with E-state index in [1.165, 1.54) is 12.1 Å². The Balaban J connectivity index is 1.98. The number of aromatic amines is 1. The second-order valence-electron chi connectivity index (χ2n) is 5.90. The smallest absolute Gasteiger partial charge is 0.244 e. The van der Waals surface area contributed by atoms with Crippen molar-refractivity contribution in [2.24, 2.45) is 0 Å². The Kier molecular flexibility index (Phi) is 6.19. The van der Waals surface area contributed by atoms with Crippen LogP contribution in [0.4, 0.5) is 8.78 Å². The maximum Gasteiger partial charge on any atom is 0.244 e. The number of hydrogen-bond donors (Lipinski definition) is 2. The monoisotopic (exact) mass is 366 g/mol. The number of carbonyl (C=O) groups excluding carboxylic acids is 1. The van der Waals surface area contributed by atoms with Crippen LogP contribution in [0.1, 0.15) is 38.2 Å². The molecule has 2 rings (SSSR count). The fourth-order valence-corrected chi connectivity index (χ4v) is 2.84. The minimum atomic E-state index is -0.700. The van der Waals surface area contributed by atoms with Gasteiger partial charge >= 0.3 is 0 Å². The van der Waals surface area contributed by atoms with Crippen molar-refractivity contribution in [3.63, 3.8) is 0 Å². The second-order valence-corrected chi connectivity index (χ2v) is 6.29. The molecule has 2 N–H and O–H groups in total. The lowest BCUT2D eigenvalue weighted by molar-refractivity contribution is -0.116. The summed E-state index contributed by atoms with van der Waals surface area (Å²) in [6.45, 7) is 5.95. The van der Waals surface area contributed by atoms with Crippen LogP contribution in [0.25, 0.3) is 5.57 Å². The molecule has 1 heterocycles. The van der Waals surface area contributed by atoms with Gasteiger partial charge in [-0.05, 0) is 50.7 Å². The zero-order chi connectivity index (χ0) is 18.6. The summed E-state index contributed by atoms with van der Waals surface area (Å²) in [6, 6.07) is 3.42. The number of hydrogen-bond acceptors (Lipinski definition) is 3. The van der Waals surface area contributed by atoms with Crippen molar-refractivity contribution >= 4 is 23.7 Å². The van der Waals surface area contributed by atoms with Crippen molar-refractivity contribution < 1.29 is 13.6 Å². The summed E-state index contributed by atoms with van der Waals surface area (Å²) < 4.78 is 29.1. The summed E-state index contributed by atoms with van der Waals surface area (Å²) in [5.74, 6) is -0.955. The number of halogens is 2. The number of aromatic nitrogens is 3. The summed E-state index contributed by atoms with van der Waals surface area (Å²) in [7, 11) is 0. The van der Waals surface area contributed by atoms with Crippen molar-refractivity contribution in [1.82, 2.24) is 20.1 Å². The molecule has 1 amide bonds. The zero-order valence-electron chi connectivity index (χ0n) is 14.3. The fourth-order valence-electron chi connectivity index (χ4n) is 2.48. The van der Waals surface area contributed by atoms with Gasteiger partial charge in [0.1, 0.15) is 17.5 Å². The van der Waals surface area contributed by atoms with Gasteiger partial charge < -0.3 is 9.88 Å². The molecule has 0 radical (unpaired) electrons. The average Bonchev–Trinajstić information content (AvgIpc) is 2.88. The molecule has 0 aliphatic carbocycles. The predicted octanol–water partition coefficient (Wildman–Crippen LogP) is 3.56. The highest BCUT2D eigenvalue weighted by Gasteiger charge is 2.10. The van der Waals surface area contributed by atoms with E-state index in [1.54, 1.807) is 6.92 Å². The third-order valence-electron chi connectivity index (χ3n) is 3.65. The Labute approximate surface area is 149 Å². The minimum Gasteiger partial charge on any atom is -0.352 e. The molecule has 0 aliphatic heterocycles. The molecule has 2 aromatic rings. The highest BCUT2D eigenvalue weighted by molar-refractivity contribution is 7.71. The molecule has 0 saturated heterocycles. The number of rotatable bonds is 6. The Bertz CT molecular complexity index is 855. The third kappa shape index (κ3) is 4.82. The molecule has 0 fully saturated rings. The SMILES string of the molecule is CC(=CC(=O)NCCc1n[nH]c(=S)n1C(C)C)c1ccc(F)cc1F. The van der Waals surface area contributed by atoms with E-state index in [4.69, 9.17) is 12.2 Å². The van der Waals surface area contributed by atoms with E-state index >= 15 is 0 Å². The second kappa shape index (κ2) is 8.15. The van der Waals surface area contributed by atoms with Gasteiger partial charge in [-0.1, -0.05) is 0 Å². The van der Waals surface area contributed by atoms with E-state index in [9.17, 15) is 13.6 Å². The van der Waals surface area contributed by atoms with Crippen LogP contribution in [0.5, 0.6) is 0 Å². The number of amides is 1. The van der Waals surface area contributed by atoms with Crippen LogP contribution in [-0.2, 0) is 11.2 Å². The van der Waals surface area contributed by atoms with Crippen LogP contribution in [0.3, 0.4) is 0 Å². The molecule has 5 nitrogen and oxygen atoms in total. The van der Waals surface area contributed by atoms with Crippen LogP contribution in [0, 0.1) is 16.4 Å². The number of nitrogens with zero attached hydrogens (tertiary/aromatic N) is 2. The Morgan fingerprint density at radius 2 is 2.16 bits per heavy atom. The molecular weight excluding hydrogens is 346 g/mol. The lowest BCUT2D eigenvalue weighted by Crippen LogP contribution is -2.25. The van der Waals surface area contributed by atoms with Crippen molar-refractivity contribution in [3.8, 4) is 0 Å². The maximum atomic E-state index is 13.7. The predicted molar refractivity (Wildman–Crippen MR) is 94.5 cm³/mol. The van der Waals surface area contributed by atoms with E-state index in [-0.39, 0.29) is 17.5 Å². The van der Waals surface area contributed by atoms with E-state index in [2.05, 4.69) is 15.5 Å². The van der Waals surface area contributed by atoms with Crippen LogP contribution >= 0.6 is 12.2 Å². The Morgan fingerprint density at radius 3 is 2.80 bits per heavy atom.